The molecule has 4 heteroatoms. The van der Waals surface area contributed by atoms with Gasteiger partial charge in [-0.05, 0) is 33.8 Å². The van der Waals surface area contributed by atoms with E-state index in [1.54, 1.807) is 15.6 Å². The quantitative estimate of drug-likeness (QED) is 0.514. The van der Waals surface area contributed by atoms with Gasteiger partial charge < -0.3 is 0 Å². The molecule has 0 unspecified atom stereocenters. The van der Waals surface area contributed by atoms with Crippen molar-refractivity contribution >= 4 is 62.4 Å². The van der Waals surface area contributed by atoms with E-state index < -0.39 is 24.2 Å². The third-order valence-electron chi connectivity index (χ3n) is 3.53. The van der Waals surface area contributed by atoms with Crippen molar-refractivity contribution in [3.63, 3.8) is 0 Å². The Kier molecular flexibility index (Phi) is 5.04. The molecule has 0 fully saturated rings. The van der Waals surface area contributed by atoms with Gasteiger partial charge in [0.25, 0.3) is 0 Å². The van der Waals surface area contributed by atoms with Gasteiger partial charge in [0, 0.05) is 3.57 Å². The molecule has 0 spiro atoms. The molecule has 1 aromatic rings. The number of halogens is 1. The molecule has 1 rings (SSSR count). The summed E-state index contributed by atoms with van der Waals surface area (Å²) < 4.78 is 1.51. The van der Waals surface area contributed by atoms with Crippen LogP contribution in [0.4, 0.5) is 0 Å². The summed E-state index contributed by atoms with van der Waals surface area (Å²) in [5.41, 5.74) is 0. The minimum absolute atomic E-state index is 1.24. The van der Waals surface area contributed by atoms with Gasteiger partial charge in [-0.1, -0.05) is 75.4 Å². The third kappa shape index (κ3) is 4.28. The Morgan fingerprint density at radius 2 is 0.895 bits per heavy atom. The summed E-state index contributed by atoms with van der Waals surface area (Å²) in [6.45, 7) is 22.3. The zero-order valence-electron chi connectivity index (χ0n) is 14.0. The van der Waals surface area contributed by atoms with E-state index in [4.69, 9.17) is 0 Å². The molecule has 0 saturated heterocycles. The normalized spacial score (nSPS) is 13.8. The lowest BCUT2D eigenvalue weighted by atomic mass is 10.3. The fraction of sp³-hybridized carbons (Fsp3) is 0.600. The highest BCUT2D eigenvalue weighted by atomic mass is 127. The molecule has 0 nitrogen and oxygen atoms in total. The highest BCUT2D eigenvalue weighted by molar-refractivity contribution is 14.1. The lowest BCUT2D eigenvalue weighted by molar-refractivity contribution is 1.62. The summed E-state index contributed by atoms with van der Waals surface area (Å²) in [6, 6.07) is 5.14. The molecule has 1 aromatic carbocycles. The first-order valence-corrected chi connectivity index (χ1v) is 18.7. The number of hydrogen-bond acceptors (Lipinski definition) is 0. The largest absolute Gasteiger partial charge is 0.0789 e. The second-order valence-corrected chi connectivity index (χ2v) is 24.9. The molecule has 0 atom stereocenters. The van der Waals surface area contributed by atoms with Gasteiger partial charge in [0.15, 0.2) is 0 Å². The molecule has 0 saturated carbocycles. The molecule has 108 valence electrons. The lowest BCUT2D eigenvalue weighted by Crippen LogP contribution is -2.59. The average molecular weight is 421 g/mol. The van der Waals surface area contributed by atoms with Crippen molar-refractivity contribution in [1.29, 1.82) is 0 Å². The molecule has 0 radical (unpaired) electrons. The first kappa shape index (κ1) is 17.7. The van der Waals surface area contributed by atoms with Gasteiger partial charge in [-0.3, -0.25) is 0 Å². The van der Waals surface area contributed by atoms with E-state index in [1.165, 1.54) is 3.57 Å². The van der Waals surface area contributed by atoms with E-state index in [0.29, 0.717) is 0 Å². The minimum Gasteiger partial charge on any atom is -0.0656 e. The standard InChI is InChI=1S/C15H29ISi3/c1-17(2,3)13-11-15(19(7,8)9)14(10-12(13)16)18(4,5)6/h10-11H,1-9H3. The minimum atomic E-state index is -1.27. The van der Waals surface area contributed by atoms with Gasteiger partial charge in [0.05, 0.1) is 24.2 Å². The molecule has 0 aliphatic carbocycles. The first-order chi connectivity index (χ1) is 8.24. The molecule has 0 aromatic heterocycles. The van der Waals surface area contributed by atoms with Gasteiger partial charge in [0.1, 0.15) is 0 Å². The smallest absolute Gasteiger partial charge is 0.0656 e. The zero-order valence-corrected chi connectivity index (χ0v) is 19.2. The van der Waals surface area contributed by atoms with Crippen LogP contribution in [0, 0.1) is 3.57 Å². The van der Waals surface area contributed by atoms with E-state index in [1.807, 2.05) is 0 Å². The van der Waals surface area contributed by atoms with Crippen molar-refractivity contribution in [3.05, 3.63) is 15.7 Å². The topological polar surface area (TPSA) is 0 Å². The van der Waals surface area contributed by atoms with Crippen LogP contribution < -0.4 is 15.6 Å². The van der Waals surface area contributed by atoms with Crippen LogP contribution in [0.2, 0.25) is 58.9 Å². The van der Waals surface area contributed by atoms with E-state index in [-0.39, 0.29) is 0 Å². The third-order valence-corrected chi connectivity index (χ3v) is 11.3. The fourth-order valence-corrected chi connectivity index (χ4v) is 12.3. The number of rotatable bonds is 3. The molecule has 0 heterocycles. The van der Waals surface area contributed by atoms with Crippen LogP contribution in [-0.2, 0) is 0 Å². The molecule has 0 N–H and O–H groups in total. The maximum Gasteiger partial charge on any atom is 0.0789 e. The van der Waals surface area contributed by atoms with Crippen molar-refractivity contribution in [3.8, 4) is 0 Å². The molecule has 0 bridgehead atoms. The first-order valence-electron chi connectivity index (χ1n) is 7.09. The van der Waals surface area contributed by atoms with Crippen molar-refractivity contribution in [2.24, 2.45) is 0 Å². The Hall–Kier alpha value is 0.601. The van der Waals surface area contributed by atoms with E-state index >= 15 is 0 Å². The van der Waals surface area contributed by atoms with Crippen LogP contribution >= 0.6 is 22.6 Å². The summed E-state index contributed by atoms with van der Waals surface area (Å²) in [7, 11) is -3.76. The molecule has 0 aliphatic rings. The second kappa shape index (κ2) is 5.42. The van der Waals surface area contributed by atoms with Gasteiger partial charge in [-0.15, -0.1) is 0 Å². The Morgan fingerprint density at radius 1 is 0.579 bits per heavy atom. The molecule has 0 aliphatic heterocycles. The fourth-order valence-electron chi connectivity index (χ4n) is 2.39. The summed E-state index contributed by atoms with van der Waals surface area (Å²) in [6.07, 6.45) is 0. The van der Waals surface area contributed by atoms with Crippen LogP contribution in [0.15, 0.2) is 12.1 Å². The highest BCUT2D eigenvalue weighted by Crippen LogP contribution is 2.13. The Bertz CT molecular complexity index is 474. The van der Waals surface area contributed by atoms with E-state index in [2.05, 4.69) is 93.6 Å². The highest BCUT2D eigenvalue weighted by Gasteiger charge is 2.30. The zero-order chi connectivity index (χ0) is 15.2. The number of hydrogen-bond donors (Lipinski definition) is 0. The molecular weight excluding hydrogens is 391 g/mol. The summed E-state index contributed by atoms with van der Waals surface area (Å²) in [5, 5.41) is 5.09. The maximum atomic E-state index is 2.60. The van der Waals surface area contributed by atoms with Crippen LogP contribution in [-0.4, -0.2) is 24.2 Å². The van der Waals surface area contributed by atoms with Crippen molar-refractivity contribution in [1.82, 2.24) is 0 Å². The summed E-state index contributed by atoms with van der Waals surface area (Å²) in [4.78, 5) is 0. The van der Waals surface area contributed by atoms with Gasteiger partial charge in [-0.2, -0.15) is 0 Å². The van der Waals surface area contributed by atoms with Crippen molar-refractivity contribution in [2.75, 3.05) is 0 Å². The van der Waals surface area contributed by atoms with E-state index in [0.717, 1.165) is 0 Å². The summed E-state index contributed by atoms with van der Waals surface area (Å²) in [5.74, 6) is 0. The Labute approximate surface area is 136 Å². The SMILES string of the molecule is C[Si](C)(C)c1cc([Si](C)(C)C)c([Si](C)(C)C)cc1I. The van der Waals surface area contributed by atoms with Crippen molar-refractivity contribution < 1.29 is 0 Å². The number of benzene rings is 1. The Morgan fingerprint density at radius 3 is 1.21 bits per heavy atom. The van der Waals surface area contributed by atoms with Crippen LogP contribution in [0.1, 0.15) is 0 Å². The predicted octanol–water partition coefficient (Wildman–Crippen LogP) is 3.93. The predicted molar refractivity (Wildman–Crippen MR) is 108 cm³/mol. The van der Waals surface area contributed by atoms with Crippen LogP contribution in [0.5, 0.6) is 0 Å². The molecule has 0 amide bonds. The van der Waals surface area contributed by atoms with Crippen LogP contribution in [0.3, 0.4) is 0 Å². The monoisotopic (exact) mass is 420 g/mol. The van der Waals surface area contributed by atoms with Gasteiger partial charge >= 0.3 is 0 Å². The average Bonchev–Trinajstić information content (AvgIpc) is 2.11. The second-order valence-electron chi connectivity index (χ2n) is 8.63. The molecule has 19 heavy (non-hydrogen) atoms. The lowest BCUT2D eigenvalue weighted by Gasteiger charge is -2.31. The van der Waals surface area contributed by atoms with Gasteiger partial charge in [-0.25, -0.2) is 0 Å². The molecular formula is C15H29ISi3. The Balaban J connectivity index is 3.66. The van der Waals surface area contributed by atoms with Crippen LogP contribution in [0.25, 0.3) is 0 Å². The summed E-state index contributed by atoms with van der Waals surface area (Å²) >= 11 is 2.57. The van der Waals surface area contributed by atoms with E-state index in [9.17, 15) is 0 Å². The van der Waals surface area contributed by atoms with Crippen molar-refractivity contribution in [2.45, 2.75) is 58.9 Å². The van der Waals surface area contributed by atoms with Gasteiger partial charge in [0.2, 0.25) is 0 Å². The maximum absolute atomic E-state index is 2.60.